The van der Waals surface area contributed by atoms with E-state index < -0.39 is 24.2 Å². The van der Waals surface area contributed by atoms with Gasteiger partial charge in [-0.1, -0.05) is 200 Å². The first-order valence-corrected chi connectivity index (χ1v) is 20.4. The zero-order valence-electron chi connectivity index (χ0n) is 41.0. The van der Waals surface area contributed by atoms with Crippen LogP contribution in [-0.4, -0.2) is 0 Å². The van der Waals surface area contributed by atoms with E-state index >= 15 is 0 Å². The maximum Gasteiger partial charge on any atom is 0.0645 e. The van der Waals surface area contributed by atoms with Crippen molar-refractivity contribution in [2.45, 2.75) is 0 Å². The van der Waals surface area contributed by atoms with Crippen molar-refractivity contribution in [3.05, 3.63) is 249 Å². The summed E-state index contributed by atoms with van der Waals surface area (Å²) in [6.07, 6.45) is 0. The maximum absolute atomic E-state index is 9.78. The van der Waals surface area contributed by atoms with Crippen LogP contribution in [0.4, 0.5) is 17.1 Å². The molecule has 0 heterocycles. The van der Waals surface area contributed by atoms with Crippen molar-refractivity contribution < 1.29 is 11.0 Å². The van der Waals surface area contributed by atoms with Crippen LogP contribution in [0.25, 0.3) is 88.0 Å². The van der Waals surface area contributed by atoms with Gasteiger partial charge in [0.25, 0.3) is 0 Å². The molecule has 0 atom stereocenters. The normalized spacial score (nSPS) is 13.1. The Morgan fingerprint density at radius 1 is 0.262 bits per heavy atom. The molecule has 11 aromatic rings. The number of hydrogen-bond acceptors (Lipinski definition) is 1. The summed E-state index contributed by atoms with van der Waals surface area (Å²) in [5, 5.41) is 5.73. The molecule has 0 saturated carbocycles. The van der Waals surface area contributed by atoms with E-state index in [0.29, 0.717) is 16.8 Å². The molecule has 0 spiro atoms. The molecule has 0 aliphatic carbocycles. The van der Waals surface area contributed by atoms with Crippen molar-refractivity contribution in [3.8, 4) is 55.6 Å². The lowest BCUT2D eigenvalue weighted by molar-refractivity contribution is 1.28. The molecule has 61 heavy (non-hydrogen) atoms. The molecule has 0 aliphatic rings. The molecule has 11 aromatic carbocycles. The first-order chi connectivity index (χ1) is 33.6. The Morgan fingerprint density at radius 2 is 0.787 bits per heavy atom. The molecule has 0 aromatic heterocycles. The van der Waals surface area contributed by atoms with Gasteiger partial charge in [0, 0.05) is 17.1 Å². The molecule has 0 fully saturated rings. The van der Waals surface area contributed by atoms with Crippen LogP contribution in [0, 0.1) is 0 Å². The summed E-state index contributed by atoms with van der Waals surface area (Å²) in [4.78, 5) is 1.37. The van der Waals surface area contributed by atoms with E-state index in [0.717, 1.165) is 65.7 Å². The standard InChI is InChI=1S/C60H41N/c1-3-14-42(15-4-1)48-20-13-21-49(40-48)43-26-33-51(34-27-43)61(53-37-30-46(31-38-53)59-41-50-19-8-9-22-54(50)57-24-11-12-25-58(57)59)52-35-28-45(29-36-52)56-39-32-44-16-7-10-23-55(44)60(56)47-17-5-2-6-18-47/h1-41H/i26D,27D,30D,31D,33D,34D,37D,38D. The van der Waals surface area contributed by atoms with E-state index in [1.165, 1.54) is 4.90 Å². The minimum atomic E-state index is -0.400. The minimum absolute atomic E-state index is 0.102. The Morgan fingerprint density at radius 3 is 1.48 bits per heavy atom. The molecule has 286 valence electrons. The van der Waals surface area contributed by atoms with Crippen molar-refractivity contribution in [2.24, 2.45) is 0 Å². The van der Waals surface area contributed by atoms with Gasteiger partial charge in [-0.3, -0.25) is 0 Å². The molecule has 0 bridgehead atoms. The predicted octanol–water partition coefficient (Wildman–Crippen LogP) is 17.0. The first-order valence-electron chi connectivity index (χ1n) is 24.4. The lowest BCUT2D eigenvalue weighted by Crippen LogP contribution is -2.09. The second kappa shape index (κ2) is 15.6. The molecule has 0 aliphatic heterocycles. The Bertz CT molecular complexity index is 3760. The average molecular weight is 784 g/mol. The number of rotatable bonds is 8. The number of anilines is 3. The third-order valence-electron chi connectivity index (χ3n) is 11.4. The van der Waals surface area contributed by atoms with Gasteiger partial charge in [-0.25, -0.2) is 0 Å². The second-order valence-electron chi connectivity index (χ2n) is 15.0. The van der Waals surface area contributed by atoms with Gasteiger partial charge in [0.1, 0.15) is 0 Å². The highest BCUT2D eigenvalue weighted by Crippen LogP contribution is 2.42. The Labute approximate surface area is 368 Å². The van der Waals surface area contributed by atoms with Crippen LogP contribution in [-0.2, 0) is 0 Å². The van der Waals surface area contributed by atoms with Crippen molar-refractivity contribution >= 4 is 49.4 Å². The van der Waals surface area contributed by atoms with Crippen molar-refractivity contribution in [1.82, 2.24) is 0 Å². The van der Waals surface area contributed by atoms with Gasteiger partial charge in [-0.15, -0.1) is 0 Å². The zero-order chi connectivity index (χ0) is 47.5. The van der Waals surface area contributed by atoms with E-state index in [1.807, 2.05) is 146 Å². The van der Waals surface area contributed by atoms with E-state index in [4.69, 9.17) is 0 Å². The molecule has 0 radical (unpaired) electrons. The summed E-state index contributed by atoms with van der Waals surface area (Å²) in [6.45, 7) is 0. The number of hydrogen-bond donors (Lipinski definition) is 0. The predicted molar refractivity (Wildman–Crippen MR) is 261 cm³/mol. The SMILES string of the molecule is [2H]c1c([2H])c(N(c2ccc(-c3ccc4ccccc4c3-c3ccccc3)cc2)c2c([2H])c([2H])c(-c3cc4ccccc4c4ccccc34)c([2H])c2[2H])c([2H])c([2H])c1-c1cccc(-c2ccccc2)c1. The molecule has 0 N–H and O–H groups in total. The third-order valence-corrected chi connectivity index (χ3v) is 11.4. The van der Waals surface area contributed by atoms with Crippen molar-refractivity contribution in [1.29, 1.82) is 0 Å². The van der Waals surface area contributed by atoms with Gasteiger partial charge in [-0.2, -0.15) is 0 Å². The molecule has 0 amide bonds. The van der Waals surface area contributed by atoms with Crippen LogP contribution in [0.15, 0.2) is 249 Å². The monoisotopic (exact) mass is 783 g/mol. The van der Waals surface area contributed by atoms with Crippen LogP contribution in [0.2, 0.25) is 0 Å². The second-order valence-corrected chi connectivity index (χ2v) is 15.0. The summed E-state index contributed by atoms with van der Waals surface area (Å²) in [5.41, 5.74) is 6.84. The summed E-state index contributed by atoms with van der Waals surface area (Å²) in [7, 11) is 0. The summed E-state index contributed by atoms with van der Waals surface area (Å²) in [5.74, 6) is 0. The minimum Gasteiger partial charge on any atom is -0.311 e. The molecular weight excluding hydrogens is 735 g/mol. The fraction of sp³-hybridized carbons (Fsp3) is 0. The number of nitrogens with zero attached hydrogens (tertiary/aromatic N) is 1. The number of fused-ring (bicyclic) bond motifs is 4. The topological polar surface area (TPSA) is 3.24 Å². The largest absolute Gasteiger partial charge is 0.311 e. The lowest BCUT2D eigenvalue weighted by atomic mass is 9.90. The van der Waals surface area contributed by atoms with Crippen LogP contribution in [0.5, 0.6) is 0 Å². The van der Waals surface area contributed by atoms with Gasteiger partial charge in [0.2, 0.25) is 0 Å². The average Bonchev–Trinajstić information content (AvgIpc) is 3.40. The fourth-order valence-corrected chi connectivity index (χ4v) is 8.45. The smallest absolute Gasteiger partial charge is 0.0645 e. The van der Waals surface area contributed by atoms with E-state index in [1.54, 1.807) is 18.2 Å². The number of benzene rings is 11. The summed E-state index contributed by atoms with van der Waals surface area (Å²) >= 11 is 0. The molecule has 11 rings (SSSR count). The molecule has 0 unspecified atom stereocenters. The molecule has 0 saturated heterocycles. The van der Waals surface area contributed by atoms with Crippen LogP contribution >= 0.6 is 0 Å². The van der Waals surface area contributed by atoms with Crippen molar-refractivity contribution in [2.75, 3.05) is 4.90 Å². The maximum atomic E-state index is 9.78. The van der Waals surface area contributed by atoms with Crippen LogP contribution in [0.1, 0.15) is 11.0 Å². The van der Waals surface area contributed by atoms with E-state index in [2.05, 4.69) is 36.4 Å². The Balaban J connectivity index is 1.14. The highest BCUT2D eigenvalue weighted by atomic mass is 15.1. The quantitative estimate of drug-likeness (QED) is 0.139. The van der Waals surface area contributed by atoms with Gasteiger partial charge in [0.15, 0.2) is 0 Å². The van der Waals surface area contributed by atoms with E-state index in [-0.39, 0.29) is 46.7 Å². The first kappa shape index (κ1) is 28.4. The fourth-order valence-electron chi connectivity index (χ4n) is 8.45. The van der Waals surface area contributed by atoms with Gasteiger partial charge >= 0.3 is 0 Å². The summed E-state index contributed by atoms with van der Waals surface area (Å²) < 4.78 is 77.3. The van der Waals surface area contributed by atoms with Crippen LogP contribution < -0.4 is 4.90 Å². The van der Waals surface area contributed by atoms with Gasteiger partial charge in [0.05, 0.1) is 11.0 Å². The van der Waals surface area contributed by atoms with Gasteiger partial charge < -0.3 is 4.90 Å². The molecule has 1 nitrogen and oxygen atoms in total. The molecule has 1 heteroatoms. The third kappa shape index (κ3) is 6.83. The Hall–Kier alpha value is -8.00. The zero-order valence-corrected chi connectivity index (χ0v) is 33.0. The van der Waals surface area contributed by atoms with Gasteiger partial charge in [-0.05, 0) is 136 Å². The highest BCUT2D eigenvalue weighted by Gasteiger charge is 2.17. The molecular formula is C60H41N. The van der Waals surface area contributed by atoms with E-state index in [9.17, 15) is 11.0 Å². The Kier molecular flexibility index (Phi) is 7.29. The van der Waals surface area contributed by atoms with Crippen LogP contribution in [0.3, 0.4) is 0 Å². The summed E-state index contributed by atoms with van der Waals surface area (Å²) in [6, 6.07) is 61.7. The lowest BCUT2D eigenvalue weighted by Gasteiger charge is -2.26. The highest BCUT2D eigenvalue weighted by molar-refractivity contribution is 6.14. The van der Waals surface area contributed by atoms with Crippen molar-refractivity contribution in [3.63, 3.8) is 0 Å².